The maximum absolute atomic E-state index is 18.2. The molecule has 0 bridgehead atoms. The van der Waals surface area contributed by atoms with E-state index in [2.05, 4.69) is 42.5 Å². The van der Waals surface area contributed by atoms with Gasteiger partial charge in [-0.2, -0.15) is 0 Å². The number of nitrogens with two attached hydrogens (primary N) is 1. The summed E-state index contributed by atoms with van der Waals surface area (Å²) in [4.78, 5) is 197. The van der Waals surface area contributed by atoms with Gasteiger partial charge in [-0.15, -0.1) is 0 Å². The Hall–Kier alpha value is -10.3. The van der Waals surface area contributed by atoms with Crippen LogP contribution in [-0.4, -0.2) is 183 Å². The molecule has 0 spiro atoms. The topological polar surface area (TPSA) is 369 Å². The molecule has 4 aliphatic rings. The van der Waals surface area contributed by atoms with E-state index in [-0.39, 0.29) is 17.7 Å². The molecule has 6 aromatic carbocycles. The van der Waals surface area contributed by atoms with Crippen molar-refractivity contribution in [3.05, 3.63) is 180 Å². The van der Waals surface area contributed by atoms with Crippen LogP contribution in [0.2, 0.25) is 0 Å². The minimum absolute atomic E-state index is 0.226. The predicted octanol–water partition coefficient (Wildman–Crippen LogP) is 9.90. The third-order valence-corrected chi connectivity index (χ3v) is 35.5. The van der Waals surface area contributed by atoms with E-state index in [0.717, 1.165) is 83.0 Å². The van der Waals surface area contributed by atoms with Crippen LogP contribution < -0.4 is 58.9 Å². The van der Waals surface area contributed by atoms with E-state index in [4.69, 9.17) is 38.8 Å². The Labute approximate surface area is 719 Å². The molecule has 26 nitrogen and oxygen atoms in total. The smallest absolute Gasteiger partial charge is 0.417 e. The molecule has 646 valence electrons. The van der Waals surface area contributed by atoms with Crippen molar-refractivity contribution < 1.29 is 71.8 Å². The van der Waals surface area contributed by atoms with E-state index in [0.29, 0.717) is 46.1 Å². The molecule has 0 heterocycles. The second-order valence-corrected chi connectivity index (χ2v) is 43.9. The van der Waals surface area contributed by atoms with Crippen molar-refractivity contribution in [3.8, 4) is 22.3 Å². The van der Waals surface area contributed by atoms with Crippen LogP contribution >= 0.6 is 12.1 Å². The first-order valence-corrected chi connectivity index (χ1v) is 47.9. The van der Waals surface area contributed by atoms with Gasteiger partial charge in [-0.3, -0.25) is 52.7 Å². The summed E-state index contributed by atoms with van der Waals surface area (Å²) >= 11 is 14.4. The number of imide groups is 2. The summed E-state index contributed by atoms with van der Waals surface area (Å²) in [6.07, 6.45) is 3.96. The molecular weight excluding hydrogens is 1610 g/mol. The van der Waals surface area contributed by atoms with Crippen molar-refractivity contribution in [2.45, 2.75) is 236 Å². The Morgan fingerprint density at radius 1 is 0.430 bits per heavy atom. The van der Waals surface area contributed by atoms with Crippen molar-refractivity contribution in [2.75, 3.05) is 25.5 Å². The molecule has 0 aliphatic heterocycles. The number of nitrogens with zero attached hydrogens (tertiary/aromatic N) is 2. The predicted molar refractivity (Wildman–Crippen MR) is 474 cm³/mol. The van der Waals surface area contributed by atoms with Gasteiger partial charge in [0, 0.05) is 37.1 Å². The van der Waals surface area contributed by atoms with Crippen LogP contribution in [0, 0.1) is 5.92 Å². The number of fused-ring (bicyclic) bond motifs is 6. The second kappa shape index (κ2) is 40.6. The van der Waals surface area contributed by atoms with Gasteiger partial charge < -0.3 is 57.7 Å². The Kier molecular flexibility index (Phi) is 31.2. The number of rotatable bonds is 34. The number of benzene rings is 6. The Morgan fingerprint density at radius 3 is 1.19 bits per heavy atom. The number of hydrogen-bond donors (Lipinski definition) is 9. The van der Waals surface area contributed by atoms with Gasteiger partial charge in [0.05, 0.1) is 0 Å². The fourth-order valence-electron chi connectivity index (χ4n) is 16.8. The van der Waals surface area contributed by atoms with Gasteiger partial charge in [0.2, 0.25) is 53.2 Å². The lowest BCUT2D eigenvalue weighted by molar-refractivity contribution is -0.147. The highest BCUT2D eigenvalue weighted by molar-refractivity contribution is 8.22. The highest BCUT2D eigenvalue weighted by atomic mass is 32.4. The summed E-state index contributed by atoms with van der Waals surface area (Å²) in [5, 5.41) is 22.2. The molecule has 30 heteroatoms. The summed E-state index contributed by atoms with van der Waals surface area (Å²) in [5.41, 5.74) is 8.27. The first kappa shape index (κ1) is 93.0. The fourth-order valence-corrected chi connectivity index (χ4v) is 27.0. The van der Waals surface area contributed by atoms with Crippen LogP contribution in [0.4, 0.5) is 9.59 Å². The zero-order valence-electron chi connectivity index (χ0n) is 70.9. The van der Waals surface area contributed by atoms with Gasteiger partial charge in [0.15, 0.2) is 0 Å². The normalized spacial score (nSPS) is 16.5. The van der Waals surface area contributed by atoms with Crippen molar-refractivity contribution in [3.63, 3.8) is 0 Å². The second-order valence-electron chi connectivity index (χ2n) is 33.5. The van der Waals surface area contributed by atoms with Crippen LogP contribution in [0.5, 0.6) is 0 Å². The molecule has 10 rings (SSSR count). The van der Waals surface area contributed by atoms with E-state index in [1.807, 2.05) is 97.1 Å². The summed E-state index contributed by atoms with van der Waals surface area (Å²) in [6.45, 7) is 16.2. The standard InChI is InChI=1S/C91H115N11O15P2S2/c1-13-54(2)77(98-79(105)56(4)97-87(113)91(11,12)99-80(106)57(5)93-60(8)103)83(109)95-59(7)84(110)102(89(115)117-51-74-71-48-32-28-44-67(71)68-45-29-33-49-72(68)74)76(53-119(121,63-38-22-16-23-39-63)64-40-24-17-25-41-64)85(111)101(88(114)116-50-73-69-46-30-26-42-65(69)66-43-27-31-47-70(66)73)75(52-118(120,61-34-18-14-19-35-61)62-36-20-15-21-37-62)82(108)94-58(6)81(107)100-90(9,10)86(112)96-55(3)78(92)104/h14-15,18-21,26-37,42-49,54-59,63-64,73-77H,13,16-17,22-25,38-41,50-53H2,1-12H3,(H2,92,104)(H,93,103)(H,94,108)(H,95,109)(H,96,112)(H,97,113)(H,98,105)(H,99,106)(H,100,107)/t54-,55-,56-,57-,58-,59-,75-,76-,77-/m0/s1. The van der Waals surface area contributed by atoms with E-state index >= 15 is 28.8 Å². The number of hydrogen-bond acceptors (Lipinski definition) is 17. The van der Waals surface area contributed by atoms with E-state index in [1.165, 1.54) is 69.2 Å². The summed E-state index contributed by atoms with van der Waals surface area (Å²) in [5.74, 6) is -12.0. The van der Waals surface area contributed by atoms with Gasteiger partial charge in [-0.25, -0.2) is 19.4 Å². The average molecular weight is 1730 g/mol. The average Bonchev–Trinajstić information content (AvgIpc) is 1.73. The fraction of sp³-hybridized carbons (Fsp3) is 0.462. The quantitative estimate of drug-likeness (QED) is 0.0170. The van der Waals surface area contributed by atoms with Crippen molar-refractivity contribution >= 4 is 123 Å². The monoisotopic (exact) mass is 1730 g/mol. The molecule has 2 fully saturated rings. The molecule has 121 heavy (non-hydrogen) atoms. The maximum atomic E-state index is 18.2. The zero-order valence-corrected chi connectivity index (χ0v) is 74.4. The van der Waals surface area contributed by atoms with Crippen molar-refractivity contribution in [1.29, 1.82) is 0 Å². The van der Waals surface area contributed by atoms with E-state index in [9.17, 15) is 33.6 Å². The molecule has 9 atom stereocenters. The van der Waals surface area contributed by atoms with Gasteiger partial charge in [0.25, 0.3) is 11.8 Å². The third-order valence-electron chi connectivity index (χ3n) is 24.0. The van der Waals surface area contributed by atoms with Crippen molar-refractivity contribution in [2.24, 2.45) is 11.7 Å². The molecule has 0 radical (unpaired) electrons. The number of amides is 13. The lowest BCUT2D eigenvalue weighted by Crippen LogP contribution is -2.65. The van der Waals surface area contributed by atoms with Crippen LogP contribution in [0.15, 0.2) is 158 Å². The van der Waals surface area contributed by atoms with Gasteiger partial charge in [-0.1, -0.05) is 240 Å². The first-order valence-electron chi connectivity index (χ1n) is 41.8. The van der Waals surface area contributed by atoms with Gasteiger partial charge in [-0.05, 0) is 166 Å². The lowest BCUT2D eigenvalue weighted by atomic mass is 9.97. The molecule has 13 amide bonds. The van der Waals surface area contributed by atoms with E-state index in [1.54, 1.807) is 74.5 Å². The summed E-state index contributed by atoms with van der Waals surface area (Å²) in [6, 6.07) is 28.6. The minimum Gasteiger partial charge on any atom is -0.448 e. The molecule has 0 saturated heterocycles. The number of carbonyl (C=O) groups excluding carboxylic acids is 13. The highest BCUT2D eigenvalue weighted by Gasteiger charge is 2.53. The molecule has 0 aromatic heterocycles. The number of nitrogens with one attached hydrogen (secondary N) is 8. The molecule has 10 N–H and O–H groups in total. The SMILES string of the molecule is CC[C@H](C)[C@H](NC(=O)[C@H](C)NC(=O)C(C)(C)NC(=O)[C@H](C)NC(C)=O)C(=O)N[C@@H](C)C(=O)N(C(=O)OCC1c2ccccc2-c2ccccc21)[C@@H](CP(=S)(C1CCCCC1)C1CCCCC1)C(=O)N(C(=O)OCC1c2ccccc2-c2ccccc21)[C@@H](CP(=S)(c1ccccc1)c1ccccc1)C(=O)N[C@@H](C)C(=O)NC(C)(C)C(=O)N[C@@H](C)C(N)=O. The summed E-state index contributed by atoms with van der Waals surface area (Å²) in [7, 11) is 0. The lowest BCUT2D eigenvalue weighted by Gasteiger charge is -2.45. The first-order chi connectivity index (χ1) is 57.4. The Bertz CT molecular complexity index is 4810. The molecule has 6 aromatic rings. The third kappa shape index (κ3) is 21.8. The van der Waals surface area contributed by atoms with Crippen LogP contribution in [0.1, 0.15) is 188 Å². The highest BCUT2D eigenvalue weighted by Crippen LogP contribution is 2.64. The van der Waals surface area contributed by atoms with Crippen LogP contribution in [-0.2, 0) is 85.8 Å². The van der Waals surface area contributed by atoms with Gasteiger partial charge >= 0.3 is 12.2 Å². The Morgan fingerprint density at radius 2 is 0.793 bits per heavy atom. The minimum atomic E-state index is -3.61. The van der Waals surface area contributed by atoms with Crippen LogP contribution in [0.3, 0.4) is 0 Å². The van der Waals surface area contributed by atoms with Gasteiger partial charge in [0.1, 0.15) is 72.6 Å². The van der Waals surface area contributed by atoms with E-state index < -0.39 is 192 Å². The number of ether oxygens (including phenoxy) is 2. The molecule has 4 aliphatic carbocycles. The molecular formula is C91H115N11O15P2S2. The number of carbonyl (C=O) groups is 13. The summed E-state index contributed by atoms with van der Waals surface area (Å²) < 4.78 is 13.3. The van der Waals surface area contributed by atoms with Crippen LogP contribution in [0.25, 0.3) is 22.3 Å². The maximum Gasteiger partial charge on any atom is 0.417 e. The Balaban J connectivity index is 1.16. The number of primary amides is 1. The van der Waals surface area contributed by atoms with Crippen molar-refractivity contribution in [1.82, 2.24) is 52.3 Å². The largest absolute Gasteiger partial charge is 0.448 e. The molecule has 0 unspecified atom stereocenters. The zero-order chi connectivity index (χ0) is 88.0. The molecule has 2 saturated carbocycles.